The Labute approximate surface area is 204 Å². The van der Waals surface area contributed by atoms with Gasteiger partial charge in [-0.15, -0.1) is 0 Å². The van der Waals surface area contributed by atoms with Crippen LogP contribution in [0.15, 0.2) is 66.7 Å². The number of rotatable bonds is 4. The highest BCUT2D eigenvalue weighted by atomic mass is 16.5. The third kappa shape index (κ3) is 5.25. The van der Waals surface area contributed by atoms with Gasteiger partial charge in [-0.05, 0) is 46.6 Å². The van der Waals surface area contributed by atoms with E-state index in [4.69, 9.17) is 4.74 Å². The number of aromatic hydroxyl groups is 1. The van der Waals surface area contributed by atoms with Gasteiger partial charge in [0.1, 0.15) is 5.75 Å². The van der Waals surface area contributed by atoms with Crippen LogP contribution in [0, 0.1) is 6.92 Å². The quantitative estimate of drug-likeness (QED) is 0.252. The maximum atomic E-state index is 13.4. The number of aryl methyl sites for hydroxylation is 1. The lowest BCUT2D eigenvalue weighted by Crippen LogP contribution is -2.19. The maximum Gasteiger partial charge on any atom is 0.339 e. The van der Waals surface area contributed by atoms with E-state index in [1.54, 1.807) is 0 Å². The van der Waals surface area contributed by atoms with Crippen molar-refractivity contribution in [3.63, 3.8) is 0 Å². The molecule has 3 heteroatoms. The molecule has 0 saturated carbocycles. The minimum Gasteiger partial charge on any atom is -0.507 e. The Kier molecular flexibility index (Phi) is 7.07. The third-order valence-electron chi connectivity index (χ3n) is 6.06. The molecule has 0 radical (unpaired) electrons. The van der Waals surface area contributed by atoms with Crippen molar-refractivity contribution in [3.8, 4) is 5.75 Å². The number of methoxy groups -OCH3 is 1. The van der Waals surface area contributed by atoms with Crippen molar-refractivity contribution in [2.75, 3.05) is 7.11 Å². The van der Waals surface area contributed by atoms with Crippen molar-refractivity contribution in [2.45, 2.75) is 59.3 Å². The second-order valence-corrected chi connectivity index (χ2v) is 10.9. The summed E-state index contributed by atoms with van der Waals surface area (Å²) in [5.41, 5.74) is 5.97. The summed E-state index contributed by atoms with van der Waals surface area (Å²) >= 11 is 0. The molecule has 178 valence electrons. The van der Waals surface area contributed by atoms with E-state index in [9.17, 15) is 9.90 Å². The first kappa shape index (κ1) is 25.3. The van der Waals surface area contributed by atoms with Crippen LogP contribution in [0.2, 0.25) is 0 Å². The highest BCUT2D eigenvalue weighted by molar-refractivity contribution is 6.26. The minimum absolute atomic E-state index is 0.282. The fourth-order valence-corrected chi connectivity index (χ4v) is 4.17. The van der Waals surface area contributed by atoms with Gasteiger partial charge in [0, 0.05) is 16.7 Å². The molecule has 0 bridgehead atoms. The Bertz CT molecular complexity index is 1170. The molecule has 3 aromatic rings. The van der Waals surface area contributed by atoms with E-state index in [1.165, 1.54) is 7.11 Å². The summed E-state index contributed by atoms with van der Waals surface area (Å²) in [4.78, 5) is 13.4. The lowest BCUT2D eigenvalue weighted by atomic mass is 9.77. The van der Waals surface area contributed by atoms with Gasteiger partial charge in [-0.2, -0.15) is 0 Å². The topological polar surface area (TPSA) is 46.5 Å². The Balaban J connectivity index is 2.52. The molecular formula is C31H36O3. The van der Waals surface area contributed by atoms with Crippen molar-refractivity contribution >= 4 is 17.1 Å². The van der Waals surface area contributed by atoms with Crippen LogP contribution in [-0.2, 0) is 20.4 Å². The summed E-state index contributed by atoms with van der Waals surface area (Å²) in [5.74, 6) is -0.130. The standard InChI is InChI=1S/C31H36O3/c1-20-14-16-22(17-15-20)26(21-12-10-9-11-13-21)27(29(33)34-8)23-18-24(30(2,3)4)28(32)25(19-23)31(5,6)7/h9-19,32H,1-8H3/b27-26-. The van der Waals surface area contributed by atoms with E-state index in [2.05, 4.69) is 41.5 Å². The first-order valence-electron chi connectivity index (χ1n) is 11.7. The molecule has 0 unspecified atom stereocenters. The number of benzene rings is 3. The molecule has 0 aliphatic carbocycles. The first-order chi connectivity index (χ1) is 15.8. The van der Waals surface area contributed by atoms with Gasteiger partial charge in [0.05, 0.1) is 12.7 Å². The van der Waals surface area contributed by atoms with Gasteiger partial charge in [-0.3, -0.25) is 0 Å². The fourth-order valence-electron chi connectivity index (χ4n) is 4.17. The Morgan fingerprint density at radius 2 is 1.21 bits per heavy atom. The van der Waals surface area contributed by atoms with Crippen molar-refractivity contribution in [1.82, 2.24) is 0 Å². The number of phenols is 1. The van der Waals surface area contributed by atoms with E-state index in [0.717, 1.165) is 39.0 Å². The van der Waals surface area contributed by atoms with Crippen LogP contribution in [0.1, 0.15) is 74.9 Å². The SMILES string of the molecule is COC(=O)/C(=C(/c1ccccc1)c1ccc(C)cc1)c1cc(C(C)(C)C)c(O)c(C(C)(C)C)c1. The van der Waals surface area contributed by atoms with Gasteiger partial charge in [-0.1, -0.05) is 102 Å². The molecule has 1 N–H and O–H groups in total. The van der Waals surface area contributed by atoms with Crippen molar-refractivity contribution < 1.29 is 14.6 Å². The van der Waals surface area contributed by atoms with Crippen LogP contribution in [0.25, 0.3) is 11.1 Å². The number of phenolic OH excluding ortho intramolecular Hbond substituents is 1. The molecule has 3 nitrogen and oxygen atoms in total. The predicted molar refractivity (Wildman–Crippen MR) is 141 cm³/mol. The van der Waals surface area contributed by atoms with Gasteiger partial charge < -0.3 is 9.84 Å². The normalized spacial score (nSPS) is 12.8. The molecule has 0 aliphatic heterocycles. The zero-order valence-corrected chi connectivity index (χ0v) is 21.6. The lowest BCUT2D eigenvalue weighted by molar-refractivity contribution is -0.133. The smallest absolute Gasteiger partial charge is 0.339 e. The number of carbonyl (C=O) groups is 1. The molecule has 0 saturated heterocycles. The van der Waals surface area contributed by atoms with Gasteiger partial charge in [-0.25, -0.2) is 4.79 Å². The molecule has 0 aliphatic rings. The fraction of sp³-hybridized carbons (Fsp3) is 0.323. The van der Waals surface area contributed by atoms with Crippen LogP contribution in [-0.4, -0.2) is 18.2 Å². The summed E-state index contributed by atoms with van der Waals surface area (Å²) in [6.07, 6.45) is 0. The zero-order valence-electron chi connectivity index (χ0n) is 21.6. The van der Waals surface area contributed by atoms with Crippen molar-refractivity contribution in [3.05, 3.63) is 100 Å². The van der Waals surface area contributed by atoms with Crippen LogP contribution in [0.5, 0.6) is 5.75 Å². The van der Waals surface area contributed by atoms with Gasteiger partial charge in [0.25, 0.3) is 0 Å². The van der Waals surface area contributed by atoms with E-state index >= 15 is 0 Å². The number of carbonyl (C=O) groups excluding carboxylic acids is 1. The summed E-state index contributed by atoms with van der Waals surface area (Å²) in [7, 11) is 1.41. The lowest BCUT2D eigenvalue weighted by Gasteiger charge is -2.29. The number of hydrogen-bond donors (Lipinski definition) is 1. The number of esters is 1. The first-order valence-corrected chi connectivity index (χ1v) is 11.7. The van der Waals surface area contributed by atoms with Crippen LogP contribution < -0.4 is 0 Å². The Morgan fingerprint density at radius 3 is 1.65 bits per heavy atom. The zero-order chi connectivity index (χ0) is 25.3. The van der Waals surface area contributed by atoms with Crippen molar-refractivity contribution in [2.24, 2.45) is 0 Å². The second kappa shape index (κ2) is 9.50. The van der Waals surface area contributed by atoms with E-state index in [1.807, 2.05) is 73.7 Å². The van der Waals surface area contributed by atoms with Gasteiger partial charge >= 0.3 is 5.97 Å². The molecule has 0 fully saturated rings. The largest absolute Gasteiger partial charge is 0.507 e. The predicted octanol–water partition coefficient (Wildman–Crippen LogP) is 7.43. The summed E-state index contributed by atoms with van der Waals surface area (Å²) in [6, 6.07) is 22.0. The van der Waals surface area contributed by atoms with Crippen LogP contribution in [0.3, 0.4) is 0 Å². The van der Waals surface area contributed by atoms with Crippen LogP contribution in [0.4, 0.5) is 0 Å². The van der Waals surface area contributed by atoms with Crippen LogP contribution >= 0.6 is 0 Å². The van der Waals surface area contributed by atoms with Gasteiger partial charge in [0.2, 0.25) is 0 Å². The molecule has 0 heterocycles. The third-order valence-corrected chi connectivity index (χ3v) is 6.06. The molecule has 3 aromatic carbocycles. The van der Waals surface area contributed by atoms with Gasteiger partial charge in [0.15, 0.2) is 0 Å². The highest BCUT2D eigenvalue weighted by Gasteiger charge is 2.30. The molecule has 34 heavy (non-hydrogen) atoms. The van der Waals surface area contributed by atoms with E-state index < -0.39 is 5.97 Å². The summed E-state index contributed by atoms with van der Waals surface area (Å²) in [5, 5.41) is 11.2. The molecule has 3 rings (SSSR count). The Hall–Kier alpha value is -3.33. The molecule has 0 spiro atoms. The van der Waals surface area contributed by atoms with Crippen molar-refractivity contribution in [1.29, 1.82) is 0 Å². The molecular weight excluding hydrogens is 420 g/mol. The number of hydrogen-bond acceptors (Lipinski definition) is 3. The average molecular weight is 457 g/mol. The highest BCUT2D eigenvalue weighted by Crippen LogP contribution is 2.43. The molecule has 0 aromatic heterocycles. The maximum absolute atomic E-state index is 13.4. The van der Waals surface area contributed by atoms with E-state index in [-0.39, 0.29) is 16.6 Å². The summed E-state index contributed by atoms with van der Waals surface area (Å²) in [6.45, 7) is 14.4. The number of ether oxygens (including phenoxy) is 1. The monoisotopic (exact) mass is 456 g/mol. The minimum atomic E-state index is -0.412. The Morgan fingerprint density at radius 1 is 0.735 bits per heavy atom. The van der Waals surface area contributed by atoms with E-state index in [0.29, 0.717) is 5.57 Å². The molecule has 0 amide bonds. The summed E-state index contributed by atoms with van der Waals surface area (Å²) < 4.78 is 5.34. The molecule has 0 atom stereocenters. The second-order valence-electron chi connectivity index (χ2n) is 10.9. The average Bonchev–Trinajstić information content (AvgIpc) is 2.77.